The molecule has 0 fully saturated rings. The summed E-state index contributed by atoms with van der Waals surface area (Å²) in [6.07, 6.45) is 0. The molecule has 0 amide bonds. The second-order valence-electron chi connectivity index (χ2n) is 19.3. The van der Waals surface area contributed by atoms with Gasteiger partial charge in [0, 0.05) is 33.3 Å². The van der Waals surface area contributed by atoms with E-state index in [0.717, 1.165) is 0 Å². The van der Waals surface area contributed by atoms with Gasteiger partial charge in [-0.05, 0) is 130 Å². The third-order valence-electron chi connectivity index (χ3n) is 15.3. The van der Waals surface area contributed by atoms with E-state index in [1.165, 1.54) is 122 Å². The standard InChI is InChI=1S/C57H44BN/c1-55(2)44-21-13-10-18-36(44)39-25-24-35(28-47(39)55)59-52-32-49-41(38-20-12-15-23-46(38)57(49,5)6)31-51(52)58-50-30-40-37-19-11-14-22-45(37)56(3,4)48(40)29-42(50)43-26-34(27-53(59)54(43)58)33-16-8-7-9-17-33/h7-32H,1-6H3. The summed E-state index contributed by atoms with van der Waals surface area (Å²) in [5.41, 5.74) is 29.6. The minimum atomic E-state index is -0.130. The van der Waals surface area contributed by atoms with Crippen molar-refractivity contribution in [1.82, 2.24) is 0 Å². The fourth-order valence-corrected chi connectivity index (χ4v) is 12.3. The molecule has 0 unspecified atom stereocenters. The molecular formula is C57H44BN. The van der Waals surface area contributed by atoms with Crippen LogP contribution in [0.3, 0.4) is 0 Å². The summed E-state index contributed by atoms with van der Waals surface area (Å²) >= 11 is 0. The summed E-state index contributed by atoms with van der Waals surface area (Å²) in [7, 11) is 0. The highest BCUT2D eigenvalue weighted by atomic mass is 15.2. The van der Waals surface area contributed by atoms with Crippen molar-refractivity contribution in [2.75, 3.05) is 4.90 Å². The summed E-state index contributed by atoms with van der Waals surface area (Å²) in [6.45, 7) is 14.6. The molecule has 5 aliphatic rings. The third-order valence-corrected chi connectivity index (χ3v) is 15.3. The Morgan fingerprint density at radius 2 is 0.847 bits per heavy atom. The maximum atomic E-state index is 2.65. The summed E-state index contributed by atoms with van der Waals surface area (Å²) in [5, 5.41) is 0. The van der Waals surface area contributed by atoms with Crippen LogP contribution in [0.1, 0.15) is 74.9 Å². The van der Waals surface area contributed by atoms with Gasteiger partial charge in [0.2, 0.25) is 6.71 Å². The van der Waals surface area contributed by atoms with Gasteiger partial charge in [-0.1, -0.05) is 174 Å². The van der Waals surface area contributed by atoms with Gasteiger partial charge in [-0.2, -0.15) is 0 Å². The Morgan fingerprint density at radius 3 is 1.47 bits per heavy atom. The van der Waals surface area contributed by atoms with E-state index in [1.54, 1.807) is 0 Å². The molecule has 0 saturated heterocycles. The average molecular weight is 754 g/mol. The van der Waals surface area contributed by atoms with Crippen molar-refractivity contribution < 1.29 is 0 Å². The van der Waals surface area contributed by atoms with Crippen molar-refractivity contribution in [3.05, 3.63) is 191 Å². The molecule has 1 nitrogen and oxygen atoms in total. The average Bonchev–Trinajstić information content (AvgIpc) is 3.86. The second-order valence-corrected chi connectivity index (χ2v) is 19.3. The Bertz CT molecular complexity index is 3200. The van der Waals surface area contributed by atoms with E-state index in [1.807, 2.05) is 0 Å². The molecular weight excluding hydrogens is 709 g/mol. The molecule has 0 atom stereocenters. The Kier molecular flexibility index (Phi) is 6.27. The van der Waals surface area contributed by atoms with Gasteiger partial charge >= 0.3 is 0 Å². The van der Waals surface area contributed by atoms with Crippen LogP contribution in [0.4, 0.5) is 17.1 Å². The molecule has 0 aromatic heterocycles. The Hall–Kier alpha value is -6.38. The first-order valence-electron chi connectivity index (χ1n) is 21.4. The molecule has 2 aliphatic heterocycles. The Labute approximate surface area is 348 Å². The fraction of sp³-hybridized carbons (Fsp3) is 0.158. The number of anilines is 3. The molecule has 0 bridgehead atoms. The Morgan fingerprint density at radius 1 is 0.339 bits per heavy atom. The molecule has 8 aromatic rings. The summed E-state index contributed by atoms with van der Waals surface area (Å²) in [5.74, 6) is 0. The van der Waals surface area contributed by atoms with Crippen LogP contribution >= 0.6 is 0 Å². The summed E-state index contributed by atoms with van der Waals surface area (Å²) < 4.78 is 0. The van der Waals surface area contributed by atoms with Crippen molar-refractivity contribution in [1.29, 1.82) is 0 Å². The number of nitrogens with zero attached hydrogens (tertiary/aromatic N) is 1. The van der Waals surface area contributed by atoms with Gasteiger partial charge in [0.25, 0.3) is 0 Å². The molecule has 280 valence electrons. The van der Waals surface area contributed by atoms with Crippen LogP contribution < -0.4 is 21.3 Å². The fourth-order valence-electron chi connectivity index (χ4n) is 12.3. The van der Waals surface area contributed by atoms with E-state index in [2.05, 4.69) is 204 Å². The topological polar surface area (TPSA) is 3.24 Å². The van der Waals surface area contributed by atoms with Crippen molar-refractivity contribution in [2.24, 2.45) is 0 Å². The lowest BCUT2D eigenvalue weighted by Gasteiger charge is -2.38. The lowest BCUT2D eigenvalue weighted by atomic mass is 9.36. The SMILES string of the molecule is CC1(C)c2ccccc2-c2ccc(N3c4cc5c(cc4B4c6cc7c(cc6-c6cc(-c8ccccc8)cc3c64)C(C)(C)c3ccccc3-7)-c3ccccc3C5(C)C)cc21. The lowest BCUT2D eigenvalue weighted by Crippen LogP contribution is -2.55. The maximum absolute atomic E-state index is 2.65. The summed E-state index contributed by atoms with van der Waals surface area (Å²) in [6, 6.07) is 60.9. The highest BCUT2D eigenvalue weighted by molar-refractivity contribution is 7.01. The molecule has 2 heterocycles. The van der Waals surface area contributed by atoms with Gasteiger partial charge in [0.05, 0.1) is 0 Å². The number of hydrogen-bond acceptors (Lipinski definition) is 1. The van der Waals surface area contributed by atoms with Crippen molar-refractivity contribution in [2.45, 2.75) is 57.8 Å². The molecule has 13 rings (SSSR count). The summed E-state index contributed by atoms with van der Waals surface area (Å²) in [4.78, 5) is 2.65. The molecule has 3 aliphatic carbocycles. The van der Waals surface area contributed by atoms with Gasteiger partial charge in [-0.25, -0.2) is 0 Å². The monoisotopic (exact) mass is 753 g/mol. The number of fused-ring (bicyclic) bond motifs is 14. The van der Waals surface area contributed by atoms with Gasteiger partial charge in [-0.3, -0.25) is 0 Å². The minimum absolute atomic E-state index is 0.0892. The highest BCUT2D eigenvalue weighted by Crippen LogP contribution is 2.55. The van der Waals surface area contributed by atoms with Crippen LogP contribution in [-0.2, 0) is 16.2 Å². The van der Waals surface area contributed by atoms with Crippen molar-refractivity contribution in [3.8, 4) is 55.6 Å². The first-order chi connectivity index (χ1) is 28.5. The number of hydrogen-bond donors (Lipinski definition) is 0. The van der Waals surface area contributed by atoms with Gasteiger partial charge in [0.15, 0.2) is 0 Å². The minimum Gasteiger partial charge on any atom is -0.311 e. The molecule has 2 heteroatoms. The highest BCUT2D eigenvalue weighted by Gasteiger charge is 2.48. The van der Waals surface area contributed by atoms with Gasteiger partial charge in [-0.15, -0.1) is 0 Å². The van der Waals surface area contributed by atoms with Crippen LogP contribution in [0.5, 0.6) is 0 Å². The quantitative estimate of drug-likeness (QED) is 0.159. The largest absolute Gasteiger partial charge is 0.311 e. The van der Waals surface area contributed by atoms with E-state index in [0.29, 0.717) is 0 Å². The maximum Gasteiger partial charge on any atom is 0.248 e. The first-order valence-corrected chi connectivity index (χ1v) is 21.4. The van der Waals surface area contributed by atoms with Crippen LogP contribution in [0.2, 0.25) is 0 Å². The molecule has 0 saturated carbocycles. The van der Waals surface area contributed by atoms with Crippen LogP contribution in [-0.4, -0.2) is 6.71 Å². The first kappa shape index (κ1) is 33.6. The van der Waals surface area contributed by atoms with Crippen LogP contribution in [0.15, 0.2) is 158 Å². The molecule has 8 aromatic carbocycles. The van der Waals surface area contributed by atoms with E-state index < -0.39 is 0 Å². The second kappa shape index (κ2) is 11.0. The number of rotatable bonds is 2. The number of benzene rings is 8. The van der Waals surface area contributed by atoms with Crippen LogP contribution in [0, 0.1) is 0 Å². The van der Waals surface area contributed by atoms with E-state index >= 15 is 0 Å². The van der Waals surface area contributed by atoms with E-state index in [9.17, 15) is 0 Å². The van der Waals surface area contributed by atoms with Crippen molar-refractivity contribution in [3.63, 3.8) is 0 Å². The predicted octanol–water partition coefficient (Wildman–Crippen LogP) is 12.6. The van der Waals surface area contributed by atoms with Crippen molar-refractivity contribution >= 4 is 40.2 Å². The zero-order chi connectivity index (χ0) is 39.7. The van der Waals surface area contributed by atoms with E-state index in [-0.39, 0.29) is 23.0 Å². The van der Waals surface area contributed by atoms with Gasteiger partial charge < -0.3 is 4.90 Å². The third kappa shape index (κ3) is 4.12. The smallest absolute Gasteiger partial charge is 0.248 e. The van der Waals surface area contributed by atoms with E-state index in [4.69, 9.17) is 0 Å². The normalized spacial score (nSPS) is 16.6. The molecule has 0 spiro atoms. The molecule has 0 radical (unpaired) electrons. The predicted molar refractivity (Wildman–Crippen MR) is 249 cm³/mol. The molecule has 59 heavy (non-hydrogen) atoms. The lowest BCUT2D eigenvalue weighted by molar-refractivity contribution is 0.660. The van der Waals surface area contributed by atoms with Crippen LogP contribution in [0.25, 0.3) is 55.6 Å². The Balaban J connectivity index is 1.14. The van der Waals surface area contributed by atoms with Gasteiger partial charge in [0.1, 0.15) is 0 Å². The molecule has 0 N–H and O–H groups in total. The zero-order valence-corrected chi connectivity index (χ0v) is 34.5. The zero-order valence-electron chi connectivity index (χ0n) is 34.5.